The molecule has 1 rings (SSSR count). The highest BCUT2D eigenvalue weighted by Crippen LogP contribution is 2.21. The maximum Gasteiger partial charge on any atom is 0.244 e. The summed E-state index contributed by atoms with van der Waals surface area (Å²) in [4.78, 5) is 11.4. The van der Waals surface area contributed by atoms with Gasteiger partial charge in [0.25, 0.3) is 0 Å². The van der Waals surface area contributed by atoms with Crippen molar-refractivity contribution in [3.8, 4) is 0 Å². The molecule has 2 atom stereocenters. The molecule has 0 aromatic rings. The van der Waals surface area contributed by atoms with Crippen LogP contribution in [-0.2, 0) is 9.53 Å². The van der Waals surface area contributed by atoms with Gasteiger partial charge in [-0.3, -0.25) is 4.79 Å². The van der Waals surface area contributed by atoms with Crippen LogP contribution in [0.25, 0.3) is 0 Å². The summed E-state index contributed by atoms with van der Waals surface area (Å²) in [5.41, 5.74) is 1.03. The van der Waals surface area contributed by atoms with E-state index in [1.807, 2.05) is 13.8 Å². The summed E-state index contributed by atoms with van der Waals surface area (Å²) < 4.78 is 5.24. The smallest absolute Gasteiger partial charge is 0.244 e. The van der Waals surface area contributed by atoms with Gasteiger partial charge in [-0.15, -0.1) is 0 Å². The van der Waals surface area contributed by atoms with E-state index in [9.17, 15) is 4.79 Å². The lowest BCUT2D eigenvalue weighted by Crippen LogP contribution is -2.32. The number of hydrogen-bond donors (Lipinski definition) is 1. The summed E-state index contributed by atoms with van der Waals surface area (Å²) in [7, 11) is 1.73. The highest BCUT2D eigenvalue weighted by Gasteiger charge is 2.24. The van der Waals surface area contributed by atoms with Crippen molar-refractivity contribution in [3.05, 3.63) is 11.6 Å². The molecule has 1 amide bonds. The molecule has 14 heavy (non-hydrogen) atoms. The molecule has 1 aliphatic rings. The summed E-state index contributed by atoms with van der Waals surface area (Å²) in [6.07, 6.45) is 4.99. The van der Waals surface area contributed by atoms with E-state index >= 15 is 0 Å². The Morgan fingerprint density at radius 2 is 2.14 bits per heavy atom. The van der Waals surface area contributed by atoms with Gasteiger partial charge in [0, 0.05) is 19.2 Å². The van der Waals surface area contributed by atoms with Gasteiger partial charge in [0.15, 0.2) is 0 Å². The Bertz CT molecular complexity index is 231. The summed E-state index contributed by atoms with van der Waals surface area (Å²) in [5.74, 6) is 0.0201. The zero-order valence-electron chi connectivity index (χ0n) is 9.17. The molecule has 2 unspecified atom stereocenters. The minimum absolute atomic E-state index is 0.0201. The highest BCUT2D eigenvalue weighted by molar-refractivity contribution is 5.88. The lowest BCUT2D eigenvalue weighted by Gasteiger charge is -2.11. The Morgan fingerprint density at radius 1 is 1.43 bits per heavy atom. The Hall–Kier alpha value is -0.830. The van der Waals surface area contributed by atoms with Crippen molar-refractivity contribution >= 4 is 5.91 Å². The lowest BCUT2D eigenvalue weighted by atomic mass is 10.2. The Labute approximate surface area is 85.5 Å². The van der Waals surface area contributed by atoms with Gasteiger partial charge in [-0.1, -0.05) is 5.57 Å². The largest absolute Gasteiger partial charge is 0.381 e. The first-order valence-electron chi connectivity index (χ1n) is 5.10. The van der Waals surface area contributed by atoms with Crippen LogP contribution >= 0.6 is 0 Å². The maximum absolute atomic E-state index is 11.4. The molecule has 0 saturated heterocycles. The van der Waals surface area contributed by atoms with Gasteiger partial charge >= 0.3 is 0 Å². The van der Waals surface area contributed by atoms with E-state index in [1.165, 1.54) is 0 Å². The molecule has 3 heteroatoms. The molecule has 0 aliphatic heterocycles. The lowest BCUT2D eigenvalue weighted by molar-refractivity contribution is -0.117. The van der Waals surface area contributed by atoms with Crippen molar-refractivity contribution in [2.24, 2.45) is 0 Å². The van der Waals surface area contributed by atoms with E-state index in [1.54, 1.807) is 13.2 Å². The molecule has 1 N–H and O–H groups in total. The number of allylic oxidation sites excluding steroid dienone is 1. The van der Waals surface area contributed by atoms with Crippen molar-refractivity contribution in [1.82, 2.24) is 5.32 Å². The average Bonchev–Trinajstić information content (AvgIpc) is 2.50. The normalized spacial score (nSPS) is 25.9. The van der Waals surface area contributed by atoms with Crippen LogP contribution in [0.5, 0.6) is 0 Å². The van der Waals surface area contributed by atoms with Crippen LogP contribution in [0.4, 0.5) is 0 Å². The van der Waals surface area contributed by atoms with E-state index in [0.717, 1.165) is 24.8 Å². The van der Waals surface area contributed by atoms with Crippen molar-refractivity contribution < 1.29 is 9.53 Å². The number of hydrogen-bond acceptors (Lipinski definition) is 2. The molecule has 1 saturated carbocycles. The van der Waals surface area contributed by atoms with Gasteiger partial charge in [-0.05, 0) is 33.1 Å². The van der Waals surface area contributed by atoms with Crippen molar-refractivity contribution in [3.63, 3.8) is 0 Å². The monoisotopic (exact) mass is 197 g/mol. The maximum atomic E-state index is 11.4. The van der Waals surface area contributed by atoms with Crippen LogP contribution in [0, 0.1) is 0 Å². The van der Waals surface area contributed by atoms with E-state index < -0.39 is 0 Å². The van der Waals surface area contributed by atoms with Gasteiger partial charge < -0.3 is 10.1 Å². The molecule has 0 radical (unpaired) electrons. The van der Waals surface area contributed by atoms with Crippen LogP contribution in [0.15, 0.2) is 11.6 Å². The van der Waals surface area contributed by atoms with Crippen LogP contribution in [-0.4, -0.2) is 25.2 Å². The van der Waals surface area contributed by atoms with Crippen molar-refractivity contribution in [1.29, 1.82) is 0 Å². The first kappa shape index (κ1) is 11.2. The van der Waals surface area contributed by atoms with E-state index in [4.69, 9.17) is 4.74 Å². The molecule has 0 spiro atoms. The fourth-order valence-electron chi connectivity index (χ4n) is 1.79. The second-order valence-corrected chi connectivity index (χ2v) is 4.10. The number of ether oxygens (including phenoxy) is 1. The SMILES string of the molecule is COC1CCC(NC(=O)C=C(C)C)C1. The van der Waals surface area contributed by atoms with Gasteiger partial charge in [-0.2, -0.15) is 0 Å². The Balaban J connectivity index is 2.32. The standard InChI is InChI=1S/C11H19NO2/c1-8(2)6-11(13)12-9-4-5-10(7-9)14-3/h6,9-10H,4-5,7H2,1-3H3,(H,12,13). The summed E-state index contributed by atoms with van der Waals surface area (Å²) in [6.45, 7) is 3.85. The van der Waals surface area contributed by atoms with Gasteiger partial charge in [0.1, 0.15) is 0 Å². The number of methoxy groups -OCH3 is 1. The van der Waals surface area contributed by atoms with Crippen LogP contribution in [0.2, 0.25) is 0 Å². The topological polar surface area (TPSA) is 38.3 Å². The fraction of sp³-hybridized carbons (Fsp3) is 0.727. The summed E-state index contributed by atoms with van der Waals surface area (Å²) in [5, 5.41) is 2.98. The van der Waals surface area contributed by atoms with Gasteiger partial charge in [0.05, 0.1) is 6.10 Å². The predicted molar refractivity (Wildman–Crippen MR) is 56.0 cm³/mol. The molecule has 1 fully saturated rings. The van der Waals surface area contributed by atoms with Gasteiger partial charge in [-0.25, -0.2) is 0 Å². The Morgan fingerprint density at radius 3 is 2.64 bits per heavy atom. The molecule has 80 valence electrons. The second kappa shape index (κ2) is 5.15. The number of amides is 1. The molecule has 0 aromatic carbocycles. The average molecular weight is 197 g/mol. The molecule has 3 nitrogen and oxygen atoms in total. The fourth-order valence-corrected chi connectivity index (χ4v) is 1.79. The zero-order chi connectivity index (χ0) is 10.6. The second-order valence-electron chi connectivity index (χ2n) is 4.10. The summed E-state index contributed by atoms with van der Waals surface area (Å²) >= 11 is 0. The van der Waals surface area contributed by atoms with Crippen LogP contribution < -0.4 is 5.32 Å². The van der Waals surface area contributed by atoms with Crippen LogP contribution in [0.1, 0.15) is 33.1 Å². The van der Waals surface area contributed by atoms with E-state index in [2.05, 4.69) is 5.32 Å². The molecular weight excluding hydrogens is 178 g/mol. The third-order valence-electron chi connectivity index (χ3n) is 2.48. The molecule has 0 aromatic heterocycles. The summed E-state index contributed by atoms with van der Waals surface area (Å²) in [6, 6.07) is 0.294. The first-order valence-corrected chi connectivity index (χ1v) is 5.10. The predicted octanol–water partition coefficient (Wildman–Crippen LogP) is 1.64. The molecule has 0 heterocycles. The first-order chi connectivity index (χ1) is 6.61. The van der Waals surface area contributed by atoms with E-state index in [0.29, 0.717) is 12.1 Å². The van der Waals surface area contributed by atoms with E-state index in [-0.39, 0.29) is 5.91 Å². The van der Waals surface area contributed by atoms with Crippen molar-refractivity contribution in [2.75, 3.05) is 7.11 Å². The number of carbonyl (C=O) groups is 1. The minimum Gasteiger partial charge on any atom is -0.381 e. The third kappa shape index (κ3) is 3.50. The zero-order valence-corrected chi connectivity index (χ0v) is 9.17. The van der Waals surface area contributed by atoms with Crippen molar-refractivity contribution in [2.45, 2.75) is 45.3 Å². The quantitative estimate of drug-likeness (QED) is 0.698. The van der Waals surface area contributed by atoms with Crippen LogP contribution in [0.3, 0.4) is 0 Å². The number of carbonyl (C=O) groups excluding carboxylic acids is 1. The number of rotatable bonds is 3. The number of nitrogens with one attached hydrogen (secondary N) is 1. The Kier molecular flexibility index (Phi) is 4.14. The van der Waals surface area contributed by atoms with Gasteiger partial charge in [0.2, 0.25) is 5.91 Å². The molecule has 0 bridgehead atoms. The minimum atomic E-state index is 0.0201. The molecule has 1 aliphatic carbocycles. The third-order valence-corrected chi connectivity index (χ3v) is 2.48. The highest BCUT2D eigenvalue weighted by atomic mass is 16.5. The molecular formula is C11H19NO2.